The smallest absolute Gasteiger partial charge is 0.203 e. The van der Waals surface area contributed by atoms with Gasteiger partial charge in [-0.15, -0.1) is 0 Å². The highest BCUT2D eigenvalue weighted by molar-refractivity contribution is 5.78. The van der Waals surface area contributed by atoms with Crippen molar-refractivity contribution in [2.75, 3.05) is 11.9 Å². The Bertz CT molecular complexity index is 462. The highest BCUT2D eigenvalue weighted by Gasteiger charge is 2.06. The van der Waals surface area contributed by atoms with Crippen LogP contribution >= 0.6 is 0 Å². The van der Waals surface area contributed by atoms with Gasteiger partial charge in [-0.1, -0.05) is 0 Å². The Morgan fingerprint density at radius 1 is 1.50 bits per heavy atom. The Morgan fingerprint density at radius 3 is 3.00 bits per heavy atom. The van der Waals surface area contributed by atoms with Crippen molar-refractivity contribution < 1.29 is 4.39 Å². The van der Waals surface area contributed by atoms with E-state index in [0.717, 1.165) is 23.5 Å². The molecule has 74 valence electrons. The molecule has 1 N–H and O–H groups in total. The van der Waals surface area contributed by atoms with Crippen LogP contribution in [-0.4, -0.2) is 16.1 Å². The quantitative estimate of drug-likeness (QED) is 0.791. The van der Waals surface area contributed by atoms with E-state index < -0.39 is 0 Å². The first-order valence-corrected chi connectivity index (χ1v) is 4.58. The zero-order valence-corrected chi connectivity index (χ0v) is 8.21. The van der Waals surface area contributed by atoms with Crippen molar-refractivity contribution >= 4 is 17.0 Å². The maximum absolute atomic E-state index is 13.0. The van der Waals surface area contributed by atoms with E-state index in [1.807, 2.05) is 18.5 Å². The fraction of sp³-hybridized carbons (Fsp3) is 0.300. The maximum Gasteiger partial charge on any atom is 0.203 e. The minimum atomic E-state index is -0.233. The summed E-state index contributed by atoms with van der Waals surface area (Å²) in [7, 11) is 1.87. The van der Waals surface area contributed by atoms with Gasteiger partial charge in [-0.3, -0.25) is 0 Å². The topological polar surface area (TPSA) is 29.9 Å². The molecule has 0 unspecified atom stereocenters. The number of nitrogens with one attached hydrogen (secondary N) is 1. The molecule has 0 radical (unpaired) electrons. The average Bonchev–Trinajstić information content (AvgIpc) is 2.46. The number of nitrogens with zero attached hydrogens (tertiary/aromatic N) is 2. The van der Waals surface area contributed by atoms with Gasteiger partial charge in [0, 0.05) is 13.6 Å². The van der Waals surface area contributed by atoms with Crippen molar-refractivity contribution in [3.63, 3.8) is 0 Å². The van der Waals surface area contributed by atoms with Crippen molar-refractivity contribution in [2.24, 2.45) is 7.05 Å². The van der Waals surface area contributed by atoms with Gasteiger partial charge < -0.3 is 9.88 Å². The van der Waals surface area contributed by atoms with Gasteiger partial charge in [0.15, 0.2) is 0 Å². The molecule has 0 spiro atoms. The van der Waals surface area contributed by atoms with E-state index in [1.165, 1.54) is 12.1 Å². The van der Waals surface area contributed by atoms with Crippen LogP contribution in [0.25, 0.3) is 11.0 Å². The van der Waals surface area contributed by atoms with Crippen LogP contribution in [0.1, 0.15) is 6.92 Å². The molecule has 0 saturated heterocycles. The van der Waals surface area contributed by atoms with Gasteiger partial charge in [-0.2, -0.15) is 0 Å². The molecule has 2 rings (SSSR count). The standard InChI is InChI=1S/C10H12FN3/c1-3-12-10-13-8-5-4-7(11)6-9(8)14(10)2/h4-6H,3H2,1-2H3,(H,12,13). The molecule has 0 aliphatic rings. The molecule has 1 aromatic carbocycles. The van der Waals surface area contributed by atoms with E-state index >= 15 is 0 Å². The summed E-state index contributed by atoms with van der Waals surface area (Å²) in [5.74, 6) is 0.539. The van der Waals surface area contributed by atoms with Crippen LogP contribution in [0.4, 0.5) is 10.3 Å². The van der Waals surface area contributed by atoms with Crippen LogP contribution in [0.3, 0.4) is 0 Å². The van der Waals surface area contributed by atoms with Crippen LogP contribution < -0.4 is 5.32 Å². The average molecular weight is 193 g/mol. The van der Waals surface area contributed by atoms with Gasteiger partial charge in [0.2, 0.25) is 5.95 Å². The Labute approximate surface area is 81.6 Å². The third-order valence-corrected chi connectivity index (χ3v) is 2.18. The Kier molecular flexibility index (Phi) is 2.11. The number of halogens is 1. The number of rotatable bonds is 2. The number of hydrogen-bond donors (Lipinski definition) is 1. The molecule has 0 saturated carbocycles. The second-order valence-electron chi connectivity index (χ2n) is 3.16. The molecule has 4 heteroatoms. The molecule has 2 aromatic rings. The lowest BCUT2D eigenvalue weighted by Crippen LogP contribution is -2.03. The normalized spacial score (nSPS) is 10.8. The summed E-state index contributed by atoms with van der Waals surface area (Å²) in [6.07, 6.45) is 0. The zero-order valence-electron chi connectivity index (χ0n) is 8.21. The molecule has 0 aliphatic heterocycles. The minimum absolute atomic E-state index is 0.233. The predicted molar refractivity (Wildman–Crippen MR) is 54.8 cm³/mol. The van der Waals surface area contributed by atoms with E-state index in [0.29, 0.717) is 0 Å². The number of anilines is 1. The third-order valence-electron chi connectivity index (χ3n) is 2.18. The van der Waals surface area contributed by atoms with Gasteiger partial charge in [-0.25, -0.2) is 9.37 Å². The summed E-state index contributed by atoms with van der Waals surface area (Å²) in [6, 6.07) is 4.60. The van der Waals surface area contributed by atoms with Crippen molar-refractivity contribution in [3.8, 4) is 0 Å². The van der Waals surface area contributed by atoms with Gasteiger partial charge in [0.1, 0.15) is 5.82 Å². The molecule has 1 heterocycles. The van der Waals surface area contributed by atoms with E-state index in [4.69, 9.17) is 0 Å². The first-order chi connectivity index (χ1) is 6.72. The summed E-state index contributed by atoms with van der Waals surface area (Å²) in [5, 5.41) is 3.11. The van der Waals surface area contributed by atoms with Crippen molar-refractivity contribution in [1.29, 1.82) is 0 Å². The first kappa shape index (κ1) is 8.99. The maximum atomic E-state index is 13.0. The van der Waals surface area contributed by atoms with Gasteiger partial charge in [0.25, 0.3) is 0 Å². The van der Waals surface area contributed by atoms with Gasteiger partial charge in [-0.05, 0) is 25.1 Å². The van der Waals surface area contributed by atoms with E-state index in [1.54, 1.807) is 6.07 Å². The van der Waals surface area contributed by atoms with Crippen LogP contribution in [0.2, 0.25) is 0 Å². The Hall–Kier alpha value is -1.58. The highest BCUT2D eigenvalue weighted by atomic mass is 19.1. The Balaban J connectivity index is 2.62. The number of aryl methyl sites for hydroxylation is 1. The molecular formula is C10H12FN3. The highest BCUT2D eigenvalue weighted by Crippen LogP contribution is 2.18. The van der Waals surface area contributed by atoms with E-state index in [-0.39, 0.29) is 5.82 Å². The van der Waals surface area contributed by atoms with Crippen LogP contribution in [0.5, 0.6) is 0 Å². The van der Waals surface area contributed by atoms with Crippen LogP contribution in [-0.2, 0) is 7.05 Å². The third kappa shape index (κ3) is 1.32. The largest absolute Gasteiger partial charge is 0.356 e. The minimum Gasteiger partial charge on any atom is -0.356 e. The van der Waals surface area contributed by atoms with Crippen molar-refractivity contribution in [2.45, 2.75) is 6.92 Å². The molecule has 0 amide bonds. The fourth-order valence-electron chi connectivity index (χ4n) is 1.48. The molecule has 0 aliphatic carbocycles. The van der Waals surface area contributed by atoms with E-state index in [2.05, 4.69) is 10.3 Å². The number of benzene rings is 1. The number of hydrogen-bond acceptors (Lipinski definition) is 2. The molecule has 0 atom stereocenters. The summed E-state index contributed by atoms with van der Waals surface area (Å²) in [6.45, 7) is 2.81. The Morgan fingerprint density at radius 2 is 2.29 bits per heavy atom. The number of imidazole rings is 1. The monoisotopic (exact) mass is 193 g/mol. The summed E-state index contributed by atoms with van der Waals surface area (Å²) < 4.78 is 14.8. The molecule has 14 heavy (non-hydrogen) atoms. The lowest BCUT2D eigenvalue weighted by Gasteiger charge is -2.01. The second kappa shape index (κ2) is 3.29. The lowest BCUT2D eigenvalue weighted by molar-refractivity contribution is 0.629. The first-order valence-electron chi connectivity index (χ1n) is 4.58. The van der Waals surface area contributed by atoms with Gasteiger partial charge >= 0.3 is 0 Å². The molecule has 0 fully saturated rings. The van der Waals surface area contributed by atoms with Crippen molar-refractivity contribution in [3.05, 3.63) is 24.0 Å². The molecule has 0 bridgehead atoms. The number of fused-ring (bicyclic) bond motifs is 1. The predicted octanol–water partition coefficient (Wildman–Crippen LogP) is 2.14. The molecule has 1 aromatic heterocycles. The van der Waals surface area contributed by atoms with Crippen LogP contribution in [0, 0.1) is 5.82 Å². The zero-order chi connectivity index (χ0) is 10.1. The summed E-state index contributed by atoms with van der Waals surface area (Å²) >= 11 is 0. The van der Waals surface area contributed by atoms with Gasteiger partial charge in [0.05, 0.1) is 11.0 Å². The lowest BCUT2D eigenvalue weighted by atomic mass is 10.3. The van der Waals surface area contributed by atoms with Crippen molar-refractivity contribution in [1.82, 2.24) is 9.55 Å². The second-order valence-corrected chi connectivity index (χ2v) is 3.16. The SMILES string of the molecule is CCNc1nc2ccc(F)cc2n1C. The molecular weight excluding hydrogens is 181 g/mol. The van der Waals surface area contributed by atoms with E-state index in [9.17, 15) is 4.39 Å². The summed E-state index contributed by atoms with van der Waals surface area (Å²) in [4.78, 5) is 4.33. The summed E-state index contributed by atoms with van der Waals surface area (Å²) in [5.41, 5.74) is 1.62. The van der Waals surface area contributed by atoms with Crippen LogP contribution in [0.15, 0.2) is 18.2 Å². The molecule has 3 nitrogen and oxygen atoms in total. The number of aromatic nitrogens is 2. The fourth-order valence-corrected chi connectivity index (χ4v) is 1.48.